The minimum absolute atomic E-state index is 0.00716. The average molecular weight is 419 g/mol. The number of halogens is 1. The number of carbonyl (C=O) groups is 1. The number of amidine groups is 1. The van der Waals surface area contributed by atoms with E-state index in [1.165, 1.54) is 23.9 Å². The quantitative estimate of drug-likeness (QED) is 0.767. The first-order chi connectivity index (χ1) is 13.3. The molecule has 28 heavy (non-hydrogen) atoms. The predicted molar refractivity (Wildman–Crippen MR) is 110 cm³/mol. The van der Waals surface area contributed by atoms with E-state index in [1.54, 1.807) is 17.0 Å². The summed E-state index contributed by atoms with van der Waals surface area (Å²) in [7, 11) is -3.14. The molecule has 0 aliphatic carbocycles. The van der Waals surface area contributed by atoms with Crippen LogP contribution in [0.15, 0.2) is 53.5 Å². The topological polar surface area (TPSA) is 66.8 Å². The van der Waals surface area contributed by atoms with Crippen molar-refractivity contribution in [2.24, 2.45) is 4.99 Å². The Kier molecular flexibility index (Phi) is 5.01. The zero-order valence-corrected chi connectivity index (χ0v) is 16.8. The predicted octanol–water partition coefficient (Wildman–Crippen LogP) is 2.98. The third-order valence-corrected chi connectivity index (χ3v) is 8.08. The second-order valence-electron chi connectivity index (χ2n) is 7.10. The Morgan fingerprint density at radius 2 is 1.82 bits per heavy atom. The van der Waals surface area contributed by atoms with Crippen LogP contribution in [0.2, 0.25) is 0 Å². The average Bonchev–Trinajstić information content (AvgIpc) is 3.09. The molecule has 2 saturated heterocycles. The molecule has 1 amide bonds. The van der Waals surface area contributed by atoms with E-state index in [4.69, 9.17) is 0 Å². The summed E-state index contributed by atoms with van der Waals surface area (Å²) in [5.41, 5.74) is 2.63. The van der Waals surface area contributed by atoms with Gasteiger partial charge in [-0.25, -0.2) is 12.8 Å². The number of hydrogen-bond donors (Lipinski definition) is 0. The molecule has 0 spiro atoms. The first kappa shape index (κ1) is 19.1. The third kappa shape index (κ3) is 3.98. The molecule has 0 aromatic heterocycles. The van der Waals surface area contributed by atoms with Crippen LogP contribution in [0.1, 0.15) is 11.1 Å². The monoisotopic (exact) mass is 418 g/mol. The third-order valence-electron chi connectivity index (χ3n) is 4.87. The van der Waals surface area contributed by atoms with Crippen LogP contribution in [0, 0.1) is 12.7 Å². The van der Waals surface area contributed by atoms with E-state index in [0.29, 0.717) is 10.9 Å². The van der Waals surface area contributed by atoms with Crippen LogP contribution in [-0.4, -0.2) is 42.3 Å². The van der Waals surface area contributed by atoms with Gasteiger partial charge in [0.15, 0.2) is 15.0 Å². The summed E-state index contributed by atoms with van der Waals surface area (Å²) < 4.78 is 37.5. The SMILES string of the molecule is Cc1ccc(CC(=O)N=C2S[C@H]3CS(=O)(=O)C[C@H]3N2c2ccc(F)cc2)cc1. The van der Waals surface area contributed by atoms with Crippen LogP contribution < -0.4 is 4.90 Å². The van der Waals surface area contributed by atoms with E-state index in [0.717, 1.165) is 11.1 Å². The summed E-state index contributed by atoms with van der Waals surface area (Å²) in [6.45, 7) is 1.98. The number of amides is 1. The van der Waals surface area contributed by atoms with Gasteiger partial charge in [-0.15, -0.1) is 0 Å². The zero-order chi connectivity index (χ0) is 19.9. The first-order valence-corrected chi connectivity index (χ1v) is 11.6. The molecule has 0 saturated carbocycles. The van der Waals surface area contributed by atoms with Crippen molar-refractivity contribution in [3.8, 4) is 0 Å². The van der Waals surface area contributed by atoms with Crippen molar-refractivity contribution in [1.82, 2.24) is 0 Å². The number of carbonyl (C=O) groups excluding carboxylic acids is 1. The molecule has 2 aromatic rings. The Labute approximate surface area is 167 Å². The molecular formula is C20H19FN2O3S2. The lowest BCUT2D eigenvalue weighted by Crippen LogP contribution is -2.37. The molecule has 2 aliphatic rings. The maximum atomic E-state index is 13.3. The number of anilines is 1. The van der Waals surface area contributed by atoms with Gasteiger partial charge in [0.2, 0.25) is 0 Å². The van der Waals surface area contributed by atoms with E-state index < -0.39 is 9.84 Å². The fourth-order valence-corrected chi connectivity index (χ4v) is 7.43. The van der Waals surface area contributed by atoms with Gasteiger partial charge in [-0.3, -0.25) is 4.79 Å². The molecule has 5 nitrogen and oxygen atoms in total. The Bertz CT molecular complexity index is 1030. The number of fused-ring (bicyclic) bond motifs is 1. The largest absolute Gasteiger partial charge is 0.316 e. The molecule has 4 rings (SSSR count). The highest BCUT2D eigenvalue weighted by atomic mass is 32.2. The summed E-state index contributed by atoms with van der Waals surface area (Å²) in [6.07, 6.45) is 0.176. The van der Waals surface area contributed by atoms with Gasteiger partial charge >= 0.3 is 0 Å². The van der Waals surface area contributed by atoms with Gasteiger partial charge in [0, 0.05) is 10.9 Å². The fraction of sp³-hybridized carbons (Fsp3) is 0.300. The van der Waals surface area contributed by atoms with E-state index in [9.17, 15) is 17.6 Å². The molecule has 2 atom stereocenters. The van der Waals surface area contributed by atoms with Gasteiger partial charge in [-0.2, -0.15) is 4.99 Å². The van der Waals surface area contributed by atoms with Crippen molar-refractivity contribution in [3.05, 3.63) is 65.5 Å². The van der Waals surface area contributed by atoms with Crippen LogP contribution in [0.4, 0.5) is 10.1 Å². The maximum absolute atomic E-state index is 13.3. The normalized spacial score (nSPS) is 24.5. The lowest BCUT2D eigenvalue weighted by atomic mass is 10.1. The summed E-state index contributed by atoms with van der Waals surface area (Å²) in [5, 5.41) is 0.301. The zero-order valence-electron chi connectivity index (χ0n) is 15.2. The second-order valence-corrected chi connectivity index (χ2v) is 10.5. The molecule has 2 aliphatic heterocycles. The van der Waals surface area contributed by atoms with E-state index in [-0.39, 0.29) is 40.9 Å². The molecule has 8 heteroatoms. The van der Waals surface area contributed by atoms with Crippen LogP contribution in [-0.2, 0) is 21.1 Å². The van der Waals surface area contributed by atoms with Crippen molar-refractivity contribution in [3.63, 3.8) is 0 Å². The van der Waals surface area contributed by atoms with Gasteiger partial charge < -0.3 is 4.90 Å². The maximum Gasteiger partial charge on any atom is 0.252 e. The number of sulfone groups is 1. The fourth-order valence-electron chi connectivity index (χ4n) is 3.49. The Balaban J connectivity index is 1.62. The van der Waals surface area contributed by atoms with Crippen molar-refractivity contribution >= 4 is 38.4 Å². The summed E-state index contributed by atoms with van der Waals surface area (Å²) in [5.74, 6) is -0.597. The number of aryl methyl sites for hydroxylation is 1. The van der Waals surface area contributed by atoms with E-state index in [1.807, 2.05) is 31.2 Å². The van der Waals surface area contributed by atoms with Crippen LogP contribution in [0.3, 0.4) is 0 Å². The minimum atomic E-state index is -3.14. The molecule has 0 radical (unpaired) electrons. The molecule has 146 valence electrons. The van der Waals surface area contributed by atoms with Crippen LogP contribution >= 0.6 is 11.8 Å². The number of nitrogens with zero attached hydrogens (tertiary/aromatic N) is 2. The number of rotatable bonds is 3. The number of benzene rings is 2. The molecule has 0 bridgehead atoms. The molecule has 2 heterocycles. The van der Waals surface area contributed by atoms with Crippen molar-refractivity contribution in [2.45, 2.75) is 24.6 Å². The molecule has 0 N–H and O–H groups in total. The molecule has 0 unspecified atom stereocenters. The standard InChI is InChI=1S/C20H19FN2O3S2/c1-13-2-4-14(5-3-13)10-19(24)22-20-23(16-8-6-15(21)7-9-16)17-11-28(25,26)12-18(17)27-20/h2-9,17-18H,10-12H2,1H3/t17-,18+/m1/s1. The molecular weight excluding hydrogens is 399 g/mol. The first-order valence-electron chi connectivity index (χ1n) is 8.90. The lowest BCUT2D eigenvalue weighted by Gasteiger charge is -2.24. The van der Waals surface area contributed by atoms with Crippen LogP contribution in [0.5, 0.6) is 0 Å². The number of aliphatic imine (C=N–C) groups is 1. The van der Waals surface area contributed by atoms with Gasteiger partial charge in [0.1, 0.15) is 5.82 Å². The van der Waals surface area contributed by atoms with Crippen molar-refractivity contribution < 1.29 is 17.6 Å². The highest BCUT2D eigenvalue weighted by molar-refractivity contribution is 8.16. The molecule has 2 aromatic carbocycles. The smallest absolute Gasteiger partial charge is 0.252 e. The lowest BCUT2D eigenvalue weighted by molar-refractivity contribution is -0.117. The van der Waals surface area contributed by atoms with E-state index in [2.05, 4.69) is 4.99 Å². The Morgan fingerprint density at radius 1 is 1.14 bits per heavy atom. The number of thioether (sulfide) groups is 1. The number of hydrogen-bond acceptors (Lipinski definition) is 4. The van der Waals surface area contributed by atoms with Crippen molar-refractivity contribution in [2.75, 3.05) is 16.4 Å². The minimum Gasteiger partial charge on any atom is -0.316 e. The second kappa shape index (κ2) is 7.33. The highest BCUT2D eigenvalue weighted by Crippen LogP contribution is 2.41. The van der Waals surface area contributed by atoms with Crippen molar-refractivity contribution in [1.29, 1.82) is 0 Å². The summed E-state index contributed by atoms with van der Waals surface area (Å²) in [4.78, 5) is 18.6. The Morgan fingerprint density at radius 3 is 2.50 bits per heavy atom. The van der Waals surface area contributed by atoms with Gasteiger partial charge in [0.25, 0.3) is 5.91 Å². The van der Waals surface area contributed by atoms with Gasteiger partial charge in [-0.1, -0.05) is 41.6 Å². The molecule has 2 fully saturated rings. The summed E-state index contributed by atoms with van der Waals surface area (Å²) in [6, 6.07) is 13.2. The van der Waals surface area contributed by atoms with Crippen LogP contribution in [0.25, 0.3) is 0 Å². The summed E-state index contributed by atoms with van der Waals surface area (Å²) >= 11 is 1.31. The van der Waals surface area contributed by atoms with Gasteiger partial charge in [0.05, 0.1) is 24.0 Å². The highest BCUT2D eigenvalue weighted by Gasteiger charge is 2.49. The van der Waals surface area contributed by atoms with E-state index >= 15 is 0 Å². The Hall–Kier alpha value is -2.19. The van der Waals surface area contributed by atoms with Gasteiger partial charge in [-0.05, 0) is 36.8 Å².